The summed E-state index contributed by atoms with van der Waals surface area (Å²) >= 11 is 0. The molecule has 4 heterocycles. The third-order valence-electron chi connectivity index (χ3n) is 6.81. The smallest absolute Gasteiger partial charge is 0.232 e. The molecule has 28 heavy (non-hydrogen) atoms. The maximum Gasteiger partial charge on any atom is 0.232 e. The Labute approximate surface area is 167 Å². The van der Waals surface area contributed by atoms with Crippen LogP contribution < -0.4 is 0 Å². The molecule has 0 aliphatic carbocycles. The quantitative estimate of drug-likeness (QED) is 0.781. The number of fused-ring (bicyclic) bond motifs is 1. The highest BCUT2D eigenvalue weighted by Crippen LogP contribution is 2.45. The number of amides is 2. The number of rotatable bonds is 4. The lowest BCUT2D eigenvalue weighted by Gasteiger charge is -2.32. The maximum atomic E-state index is 13.6. The number of hydrogen-bond acceptors (Lipinski definition) is 4. The second-order valence-corrected chi connectivity index (χ2v) is 9.31. The van der Waals surface area contributed by atoms with Crippen molar-refractivity contribution in [3.63, 3.8) is 0 Å². The van der Waals surface area contributed by atoms with Gasteiger partial charge in [0.1, 0.15) is 0 Å². The first kappa shape index (κ1) is 19.4. The number of aromatic nitrogens is 2. The van der Waals surface area contributed by atoms with Gasteiger partial charge in [0.25, 0.3) is 0 Å². The Balaban J connectivity index is 1.56. The van der Waals surface area contributed by atoms with E-state index in [1.165, 1.54) is 5.56 Å². The van der Waals surface area contributed by atoms with Gasteiger partial charge in [0, 0.05) is 76.5 Å². The van der Waals surface area contributed by atoms with Crippen molar-refractivity contribution in [1.82, 2.24) is 24.5 Å². The Bertz CT molecular complexity index is 767. The Hall–Kier alpha value is -1.89. The molecule has 0 radical (unpaired) electrons. The van der Waals surface area contributed by atoms with Gasteiger partial charge in [0.2, 0.25) is 11.8 Å². The highest BCUT2D eigenvalue weighted by molar-refractivity contribution is 5.87. The maximum absolute atomic E-state index is 13.6. The summed E-state index contributed by atoms with van der Waals surface area (Å²) in [6.45, 7) is 11.4. The van der Waals surface area contributed by atoms with Crippen LogP contribution in [0.3, 0.4) is 0 Å². The summed E-state index contributed by atoms with van der Waals surface area (Å²) in [5.74, 6) is 0.657. The summed E-state index contributed by atoms with van der Waals surface area (Å²) < 4.78 is 1.86. The highest BCUT2D eigenvalue weighted by Gasteiger charge is 2.59. The Morgan fingerprint density at radius 3 is 2.50 bits per heavy atom. The molecule has 3 aliphatic heterocycles. The van der Waals surface area contributed by atoms with Gasteiger partial charge in [0.05, 0.1) is 11.1 Å². The molecule has 0 N–H and O–H groups in total. The van der Waals surface area contributed by atoms with Crippen LogP contribution in [0.5, 0.6) is 0 Å². The van der Waals surface area contributed by atoms with Gasteiger partial charge in [-0.2, -0.15) is 5.10 Å². The first-order valence-corrected chi connectivity index (χ1v) is 10.6. The van der Waals surface area contributed by atoms with E-state index in [-0.39, 0.29) is 23.7 Å². The molecule has 4 rings (SSSR count). The van der Waals surface area contributed by atoms with E-state index in [9.17, 15) is 9.59 Å². The molecule has 2 amide bonds. The van der Waals surface area contributed by atoms with Crippen LogP contribution in [0.25, 0.3) is 0 Å². The van der Waals surface area contributed by atoms with Crippen LogP contribution in [0.1, 0.15) is 37.9 Å². The van der Waals surface area contributed by atoms with E-state index < -0.39 is 5.41 Å². The van der Waals surface area contributed by atoms with Crippen molar-refractivity contribution in [3.8, 4) is 0 Å². The fourth-order valence-corrected chi connectivity index (χ4v) is 5.41. The van der Waals surface area contributed by atoms with Crippen molar-refractivity contribution in [2.24, 2.45) is 24.3 Å². The first-order chi connectivity index (χ1) is 13.3. The fourth-order valence-electron chi connectivity index (χ4n) is 5.41. The zero-order chi connectivity index (χ0) is 20.1. The molecule has 154 valence electrons. The van der Waals surface area contributed by atoms with Gasteiger partial charge >= 0.3 is 0 Å². The van der Waals surface area contributed by atoms with E-state index in [1.807, 2.05) is 37.4 Å². The summed E-state index contributed by atoms with van der Waals surface area (Å²) in [6.07, 6.45) is 4.27. The SMILES string of the molecule is Cc1nn(C)cc1CN1C[C@@H]2CN(C(=O)C(C)C)C[C@]2(C(=O)N2CCCC2)C1. The first-order valence-electron chi connectivity index (χ1n) is 10.6. The molecule has 7 heteroatoms. The lowest BCUT2D eigenvalue weighted by atomic mass is 9.79. The molecule has 2 atom stereocenters. The Kier molecular flexibility index (Phi) is 4.98. The minimum absolute atomic E-state index is 0.0214. The van der Waals surface area contributed by atoms with Gasteiger partial charge in [-0.05, 0) is 19.8 Å². The molecular weight excluding hydrogens is 354 g/mol. The summed E-state index contributed by atoms with van der Waals surface area (Å²) in [6, 6.07) is 0. The minimum atomic E-state index is -0.439. The van der Waals surface area contributed by atoms with Crippen molar-refractivity contribution >= 4 is 11.8 Å². The van der Waals surface area contributed by atoms with Crippen molar-refractivity contribution in [2.45, 2.75) is 40.2 Å². The molecule has 3 fully saturated rings. The standard InChI is InChI=1S/C21H33N5O2/c1-15(2)19(27)26-12-18-11-24(10-17-9-23(4)22-16(17)3)13-21(18,14-26)20(28)25-7-5-6-8-25/h9,15,18H,5-8,10-14H2,1-4H3/t18-,21-/m1/s1. The molecule has 0 aromatic carbocycles. The molecule has 0 spiro atoms. The van der Waals surface area contributed by atoms with E-state index in [0.717, 1.165) is 51.3 Å². The third kappa shape index (κ3) is 3.23. The summed E-state index contributed by atoms with van der Waals surface area (Å²) in [5.41, 5.74) is 1.84. The zero-order valence-corrected chi connectivity index (χ0v) is 17.6. The molecule has 3 aliphatic rings. The fraction of sp³-hybridized carbons (Fsp3) is 0.762. The molecule has 0 saturated carbocycles. The molecule has 1 aromatic rings. The Morgan fingerprint density at radius 1 is 1.18 bits per heavy atom. The van der Waals surface area contributed by atoms with Crippen LogP contribution in [0.2, 0.25) is 0 Å². The zero-order valence-electron chi connectivity index (χ0n) is 17.6. The summed E-state index contributed by atoms with van der Waals surface area (Å²) in [4.78, 5) is 32.7. The number of hydrogen-bond donors (Lipinski definition) is 0. The van der Waals surface area contributed by atoms with Crippen molar-refractivity contribution in [2.75, 3.05) is 39.3 Å². The second kappa shape index (κ2) is 7.17. The largest absolute Gasteiger partial charge is 0.342 e. The van der Waals surface area contributed by atoms with E-state index in [2.05, 4.69) is 21.1 Å². The van der Waals surface area contributed by atoms with Gasteiger partial charge in [-0.1, -0.05) is 13.8 Å². The molecule has 7 nitrogen and oxygen atoms in total. The van der Waals surface area contributed by atoms with Gasteiger partial charge in [-0.15, -0.1) is 0 Å². The molecule has 0 bridgehead atoms. The third-order valence-corrected chi connectivity index (χ3v) is 6.81. The van der Waals surface area contributed by atoms with E-state index >= 15 is 0 Å². The van der Waals surface area contributed by atoms with Crippen LogP contribution in [0, 0.1) is 24.2 Å². The van der Waals surface area contributed by atoms with Crippen molar-refractivity contribution in [1.29, 1.82) is 0 Å². The molecular formula is C21H33N5O2. The predicted octanol–water partition coefficient (Wildman–Crippen LogP) is 1.27. The van der Waals surface area contributed by atoms with Crippen LogP contribution in [0.4, 0.5) is 0 Å². The van der Waals surface area contributed by atoms with E-state index in [1.54, 1.807) is 0 Å². The molecule has 0 unspecified atom stereocenters. The summed E-state index contributed by atoms with van der Waals surface area (Å²) in [5, 5.41) is 4.46. The number of carbonyl (C=O) groups excluding carboxylic acids is 2. The predicted molar refractivity (Wildman–Crippen MR) is 106 cm³/mol. The minimum Gasteiger partial charge on any atom is -0.342 e. The average Bonchev–Trinajstić information content (AvgIpc) is 3.38. The van der Waals surface area contributed by atoms with Crippen LogP contribution in [-0.2, 0) is 23.2 Å². The van der Waals surface area contributed by atoms with Crippen LogP contribution in [0.15, 0.2) is 6.20 Å². The molecule has 3 saturated heterocycles. The number of likely N-dealkylation sites (tertiary alicyclic amines) is 3. The average molecular weight is 388 g/mol. The molecule has 1 aromatic heterocycles. The Morgan fingerprint density at radius 2 is 1.89 bits per heavy atom. The number of nitrogens with zero attached hydrogens (tertiary/aromatic N) is 5. The number of aryl methyl sites for hydroxylation is 2. The van der Waals surface area contributed by atoms with Gasteiger partial charge in [-0.3, -0.25) is 19.2 Å². The normalized spacial score (nSPS) is 27.8. The van der Waals surface area contributed by atoms with Gasteiger partial charge in [0.15, 0.2) is 0 Å². The summed E-state index contributed by atoms with van der Waals surface area (Å²) in [7, 11) is 1.95. The second-order valence-electron chi connectivity index (χ2n) is 9.31. The number of carbonyl (C=O) groups is 2. The van der Waals surface area contributed by atoms with E-state index in [4.69, 9.17) is 0 Å². The lowest BCUT2D eigenvalue weighted by Crippen LogP contribution is -2.49. The lowest BCUT2D eigenvalue weighted by molar-refractivity contribution is -0.142. The van der Waals surface area contributed by atoms with Gasteiger partial charge in [-0.25, -0.2) is 0 Å². The van der Waals surface area contributed by atoms with E-state index in [0.29, 0.717) is 13.1 Å². The highest BCUT2D eigenvalue weighted by atomic mass is 16.2. The van der Waals surface area contributed by atoms with Crippen LogP contribution >= 0.6 is 0 Å². The monoisotopic (exact) mass is 387 g/mol. The van der Waals surface area contributed by atoms with Gasteiger partial charge < -0.3 is 9.80 Å². The van der Waals surface area contributed by atoms with Crippen molar-refractivity contribution < 1.29 is 9.59 Å². The van der Waals surface area contributed by atoms with Crippen molar-refractivity contribution in [3.05, 3.63) is 17.5 Å². The van der Waals surface area contributed by atoms with Crippen LogP contribution in [-0.4, -0.2) is 75.6 Å². The topological polar surface area (TPSA) is 61.7 Å².